The van der Waals surface area contributed by atoms with Crippen molar-refractivity contribution in [2.45, 2.75) is 108 Å². The van der Waals surface area contributed by atoms with Crippen molar-refractivity contribution in [3.63, 3.8) is 0 Å². The van der Waals surface area contributed by atoms with Crippen molar-refractivity contribution >= 4 is 25.5 Å². The number of carbonyl (C=O) groups excluding carboxylic acids is 3. The Morgan fingerprint density at radius 2 is 0.932 bits per heavy atom. The number of carbonyl (C=O) groups is 3. The van der Waals surface area contributed by atoms with Crippen LogP contribution in [0, 0.1) is 0 Å². The molecule has 74 heavy (non-hydrogen) atoms. The SMILES string of the molecule is CC(=O)N[C@@H]1[C@@H](OCCNC(=O)OCc2ccccc2)O[C@H](COP(=O)(O)C[C@H]2O[C@H](CO)[C@@H](OCc3ccccc3)[C@H](OCc3ccccc3)[C@@H]2NC(C)=O)[C@@H](OCc2ccccc2)[C@@H]1OCc1ccccc1. The number of rotatable bonds is 26. The van der Waals surface area contributed by atoms with Crippen molar-refractivity contribution in [2.75, 3.05) is 32.5 Å². The van der Waals surface area contributed by atoms with Crippen molar-refractivity contribution in [1.29, 1.82) is 0 Å². The minimum absolute atomic E-state index is 0.0172. The lowest BCUT2D eigenvalue weighted by atomic mass is 9.92. The number of benzene rings is 5. The highest BCUT2D eigenvalue weighted by Gasteiger charge is 2.52. The molecule has 11 atom stereocenters. The first-order valence-corrected chi connectivity index (χ1v) is 26.3. The highest BCUT2D eigenvalue weighted by atomic mass is 31.2. The Labute approximate surface area is 431 Å². The van der Waals surface area contributed by atoms with E-state index in [9.17, 15) is 28.9 Å². The lowest BCUT2D eigenvalue weighted by molar-refractivity contribution is -0.286. The maximum Gasteiger partial charge on any atom is 0.407 e. The molecule has 0 spiro atoms. The lowest BCUT2D eigenvalue weighted by Crippen LogP contribution is -2.66. The van der Waals surface area contributed by atoms with Crippen LogP contribution in [-0.4, -0.2) is 122 Å². The van der Waals surface area contributed by atoms with E-state index >= 15 is 0 Å². The minimum Gasteiger partial charge on any atom is -0.445 e. The van der Waals surface area contributed by atoms with Gasteiger partial charge in [-0.3, -0.25) is 14.2 Å². The van der Waals surface area contributed by atoms with Crippen LogP contribution >= 0.6 is 7.60 Å². The topological polar surface area (TPSA) is 228 Å². The fraction of sp³-hybridized carbons (Fsp3) is 0.400. The van der Waals surface area contributed by atoms with Crippen LogP contribution in [0.4, 0.5) is 4.79 Å². The zero-order valence-electron chi connectivity index (χ0n) is 41.4. The Hall–Kier alpha value is -5.86. The first-order valence-electron chi connectivity index (χ1n) is 24.5. The van der Waals surface area contributed by atoms with Crippen LogP contribution in [0.2, 0.25) is 0 Å². The molecule has 0 bridgehead atoms. The Morgan fingerprint density at radius 1 is 0.527 bits per heavy atom. The number of aliphatic hydroxyl groups is 1. The molecule has 396 valence electrons. The monoisotopic (exact) mass is 1040 g/mol. The second-order valence-electron chi connectivity index (χ2n) is 17.9. The highest BCUT2D eigenvalue weighted by Crippen LogP contribution is 2.46. The summed E-state index contributed by atoms with van der Waals surface area (Å²) in [6, 6.07) is 44.5. The molecule has 5 aromatic carbocycles. The second kappa shape index (κ2) is 28.7. The zero-order chi connectivity index (χ0) is 52.1. The summed E-state index contributed by atoms with van der Waals surface area (Å²) in [5.41, 5.74) is 4.08. The molecule has 19 heteroatoms. The molecule has 5 N–H and O–H groups in total. The number of alkyl carbamates (subject to hydrolysis) is 1. The third-order valence-corrected chi connectivity index (χ3v) is 13.6. The van der Waals surface area contributed by atoms with Crippen molar-refractivity contribution < 1.29 is 71.4 Å². The number of amides is 3. The number of hydrogen-bond acceptors (Lipinski definition) is 14. The molecule has 2 saturated heterocycles. The number of nitrogens with one attached hydrogen (secondary N) is 3. The Kier molecular flexibility index (Phi) is 21.7. The van der Waals surface area contributed by atoms with E-state index < -0.39 is 106 Å². The Bertz CT molecular complexity index is 2500. The van der Waals surface area contributed by atoms with E-state index in [4.69, 9.17) is 42.4 Å². The van der Waals surface area contributed by atoms with E-state index in [1.165, 1.54) is 13.8 Å². The maximum atomic E-state index is 14.6. The lowest BCUT2D eigenvalue weighted by Gasteiger charge is -2.47. The van der Waals surface area contributed by atoms with E-state index in [0.29, 0.717) is 0 Å². The molecule has 0 aliphatic carbocycles. The average Bonchev–Trinajstić information content (AvgIpc) is 3.41. The van der Waals surface area contributed by atoms with Gasteiger partial charge in [0.2, 0.25) is 11.8 Å². The predicted molar refractivity (Wildman–Crippen MR) is 271 cm³/mol. The molecule has 5 aromatic rings. The molecule has 7 rings (SSSR count). The van der Waals surface area contributed by atoms with E-state index in [2.05, 4.69) is 16.0 Å². The Morgan fingerprint density at radius 3 is 1.38 bits per heavy atom. The largest absolute Gasteiger partial charge is 0.445 e. The molecular weight excluding hydrogens is 974 g/mol. The maximum absolute atomic E-state index is 14.6. The molecule has 2 fully saturated rings. The number of ether oxygens (including phenoxy) is 8. The number of aliphatic hydroxyl groups excluding tert-OH is 1. The smallest absolute Gasteiger partial charge is 0.407 e. The molecular formula is C55H66N3O15P. The summed E-state index contributed by atoms with van der Waals surface area (Å²) in [5.74, 6) is -0.898. The van der Waals surface area contributed by atoms with Gasteiger partial charge in [0.05, 0.1) is 64.6 Å². The van der Waals surface area contributed by atoms with Crippen molar-refractivity contribution in [1.82, 2.24) is 16.0 Å². The molecule has 2 aliphatic rings. The van der Waals surface area contributed by atoms with Crippen molar-refractivity contribution in [3.05, 3.63) is 179 Å². The Balaban J connectivity index is 1.13. The quantitative estimate of drug-likeness (QED) is 0.0318. The van der Waals surface area contributed by atoms with Crippen LogP contribution < -0.4 is 16.0 Å². The first kappa shape index (κ1) is 55.9. The van der Waals surface area contributed by atoms with E-state index in [0.717, 1.165) is 27.8 Å². The van der Waals surface area contributed by atoms with E-state index in [1.807, 2.05) is 152 Å². The van der Waals surface area contributed by atoms with Gasteiger partial charge in [0, 0.05) is 20.4 Å². The van der Waals surface area contributed by atoms with Gasteiger partial charge in [-0.1, -0.05) is 152 Å². The third-order valence-electron chi connectivity index (χ3n) is 12.2. The molecule has 18 nitrogen and oxygen atoms in total. The van der Waals surface area contributed by atoms with E-state index in [1.54, 1.807) is 0 Å². The fourth-order valence-corrected chi connectivity index (χ4v) is 9.99. The summed E-state index contributed by atoms with van der Waals surface area (Å²) in [6.45, 7) is 1.78. The molecule has 3 amide bonds. The van der Waals surface area contributed by atoms with Crippen LogP contribution in [0.1, 0.15) is 41.7 Å². The third kappa shape index (κ3) is 17.4. The molecule has 0 saturated carbocycles. The van der Waals surface area contributed by atoms with Crippen molar-refractivity contribution in [3.8, 4) is 0 Å². The normalized spacial score (nSPS) is 24.5. The molecule has 2 heterocycles. The molecule has 1 unspecified atom stereocenters. The highest BCUT2D eigenvalue weighted by molar-refractivity contribution is 7.52. The first-order chi connectivity index (χ1) is 35.9. The summed E-state index contributed by atoms with van der Waals surface area (Å²) in [4.78, 5) is 50.4. The zero-order valence-corrected chi connectivity index (χ0v) is 42.3. The van der Waals surface area contributed by atoms with Crippen LogP contribution in [0.25, 0.3) is 0 Å². The van der Waals surface area contributed by atoms with Gasteiger partial charge in [-0.05, 0) is 27.8 Å². The van der Waals surface area contributed by atoms with Crippen molar-refractivity contribution in [2.24, 2.45) is 0 Å². The van der Waals surface area contributed by atoms with Crippen LogP contribution in [-0.2, 0) is 89.6 Å². The van der Waals surface area contributed by atoms with Gasteiger partial charge in [0.15, 0.2) is 6.29 Å². The summed E-state index contributed by atoms with van der Waals surface area (Å²) in [7, 11) is -4.74. The summed E-state index contributed by atoms with van der Waals surface area (Å²) < 4.78 is 71.2. The minimum atomic E-state index is -4.74. The molecule has 2 aliphatic heterocycles. The van der Waals surface area contributed by atoms with Gasteiger partial charge < -0.3 is 68.4 Å². The van der Waals surface area contributed by atoms with Gasteiger partial charge in [-0.2, -0.15) is 0 Å². The van der Waals surface area contributed by atoms with Crippen LogP contribution in [0.15, 0.2) is 152 Å². The van der Waals surface area contributed by atoms with Gasteiger partial charge in [0.25, 0.3) is 0 Å². The van der Waals surface area contributed by atoms with Gasteiger partial charge in [0.1, 0.15) is 49.3 Å². The number of hydrogen-bond donors (Lipinski definition) is 5. The average molecular weight is 1040 g/mol. The predicted octanol–water partition coefficient (Wildman–Crippen LogP) is 5.97. The standard InChI is InChI=1S/C55H66N3O15P/c1-38(60)57-48-47(72-45(30-59)50(66-31-40-18-8-3-9-19-40)52(48)68-33-42-22-12-5-13-23-42)37-74(63,64)71-36-46-51(67-32-41-20-10-4-11-21-41)53(69-34-43-24-14-6-15-25-43)49(58-39(2)61)54(73-46)65-29-28-56-55(62)70-35-44-26-16-7-17-27-44/h3-27,45-54,59H,28-37H2,1-2H3,(H,56,62)(H,57,60)(H,58,61)(H,63,64)/t45-,46-,47-,48-,49+,50-,51-,52-,53-,54+/m1/s1. The van der Waals surface area contributed by atoms with Gasteiger partial charge in [-0.15, -0.1) is 0 Å². The summed E-state index contributed by atoms with van der Waals surface area (Å²) in [5, 5.41) is 19.2. The van der Waals surface area contributed by atoms with Gasteiger partial charge in [-0.25, -0.2) is 4.79 Å². The molecule has 0 aromatic heterocycles. The molecule has 0 radical (unpaired) electrons. The second-order valence-corrected chi connectivity index (χ2v) is 19.8. The van der Waals surface area contributed by atoms with E-state index in [-0.39, 0.29) is 46.2 Å². The van der Waals surface area contributed by atoms with Crippen LogP contribution in [0.5, 0.6) is 0 Å². The summed E-state index contributed by atoms with van der Waals surface area (Å²) in [6.07, 6.45) is -10.1. The fourth-order valence-electron chi connectivity index (χ4n) is 8.73. The van der Waals surface area contributed by atoms with Gasteiger partial charge >= 0.3 is 13.7 Å². The summed E-state index contributed by atoms with van der Waals surface area (Å²) >= 11 is 0. The van der Waals surface area contributed by atoms with Crippen LogP contribution in [0.3, 0.4) is 0 Å².